The van der Waals surface area contributed by atoms with Crippen molar-refractivity contribution in [3.8, 4) is 0 Å². The van der Waals surface area contributed by atoms with Crippen LogP contribution in [0.2, 0.25) is 0 Å². The monoisotopic (exact) mass is 315 g/mol. The van der Waals surface area contributed by atoms with Crippen LogP contribution in [0.5, 0.6) is 0 Å². The highest BCUT2D eigenvalue weighted by atomic mass is 19.1. The minimum Gasteiger partial charge on any atom is -0.461 e. The molecule has 0 aliphatic heterocycles. The van der Waals surface area contributed by atoms with E-state index >= 15 is 0 Å². The maximum atomic E-state index is 13.0. The van der Waals surface area contributed by atoms with Gasteiger partial charge in [-0.2, -0.15) is 0 Å². The molecule has 0 saturated carbocycles. The van der Waals surface area contributed by atoms with E-state index in [0.717, 1.165) is 5.56 Å². The maximum absolute atomic E-state index is 13.0. The number of esters is 1. The van der Waals surface area contributed by atoms with Crippen LogP contribution in [-0.2, 0) is 27.4 Å². The molecule has 1 amide bonds. The van der Waals surface area contributed by atoms with E-state index in [1.54, 1.807) is 12.1 Å². The third kappa shape index (κ3) is 6.30. The van der Waals surface area contributed by atoms with Gasteiger partial charge in [-0.05, 0) is 23.3 Å². The largest absolute Gasteiger partial charge is 0.461 e. The first-order valence-corrected chi connectivity index (χ1v) is 7.34. The lowest BCUT2D eigenvalue weighted by atomic mass is 10.1. The summed E-state index contributed by atoms with van der Waals surface area (Å²) in [7, 11) is 0. The molecule has 0 spiro atoms. The number of carbonyl (C=O) groups is 2. The zero-order chi connectivity index (χ0) is 16.5. The molecule has 2 rings (SSSR count). The molecule has 5 heteroatoms. The fourth-order valence-electron chi connectivity index (χ4n) is 2.01. The van der Waals surface area contributed by atoms with Crippen LogP contribution in [0.4, 0.5) is 4.39 Å². The van der Waals surface area contributed by atoms with Crippen LogP contribution in [0.3, 0.4) is 0 Å². The minimum atomic E-state index is -0.436. The second kappa shape index (κ2) is 8.68. The van der Waals surface area contributed by atoms with E-state index in [4.69, 9.17) is 4.74 Å². The number of hydrogen-bond donors (Lipinski definition) is 1. The van der Waals surface area contributed by atoms with Crippen molar-refractivity contribution < 1.29 is 18.7 Å². The predicted molar refractivity (Wildman–Crippen MR) is 84.0 cm³/mol. The SMILES string of the molecule is O=C(Cc1ccccc1)NCCC(=O)OCc1cccc(F)c1. The number of carbonyl (C=O) groups excluding carboxylic acids is 2. The second-order valence-electron chi connectivity index (χ2n) is 5.05. The van der Waals surface area contributed by atoms with Gasteiger partial charge in [0.25, 0.3) is 0 Å². The summed E-state index contributed by atoms with van der Waals surface area (Å²) in [4.78, 5) is 23.3. The van der Waals surface area contributed by atoms with Crippen molar-refractivity contribution in [2.45, 2.75) is 19.4 Å². The number of hydrogen-bond acceptors (Lipinski definition) is 3. The number of halogens is 1. The molecular weight excluding hydrogens is 297 g/mol. The van der Waals surface area contributed by atoms with Crippen molar-refractivity contribution in [1.82, 2.24) is 5.32 Å². The molecule has 0 unspecified atom stereocenters. The van der Waals surface area contributed by atoms with Gasteiger partial charge in [-0.25, -0.2) is 4.39 Å². The van der Waals surface area contributed by atoms with E-state index in [1.165, 1.54) is 12.1 Å². The van der Waals surface area contributed by atoms with E-state index in [0.29, 0.717) is 5.56 Å². The van der Waals surface area contributed by atoms with Crippen molar-refractivity contribution in [2.75, 3.05) is 6.54 Å². The van der Waals surface area contributed by atoms with Crippen LogP contribution in [0, 0.1) is 5.82 Å². The maximum Gasteiger partial charge on any atom is 0.307 e. The van der Waals surface area contributed by atoms with Crippen LogP contribution >= 0.6 is 0 Å². The Labute approximate surface area is 134 Å². The number of nitrogens with one attached hydrogen (secondary N) is 1. The molecule has 1 N–H and O–H groups in total. The number of amides is 1. The van der Waals surface area contributed by atoms with Crippen LogP contribution < -0.4 is 5.32 Å². The first-order valence-electron chi connectivity index (χ1n) is 7.34. The molecule has 0 fully saturated rings. The summed E-state index contributed by atoms with van der Waals surface area (Å²) in [5.74, 6) is -0.949. The van der Waals surface area contributed by atoms with E-state index in [9.17, 15) is 14.0 Å². The van der Waals surface area contributed by atoms with E-state index in [2.05, 4.69) is 5.32 Å². The summed E-state index contributed by atoms with van der Waals surface area (Å²) in [6.45, 7) is 0.238. The lowest BCUT2D eigenvalue weighted by Gasteiger charge is -2.07. The van der Waals surface area contributed by atoms with Crippen LogP contribution in [0.1, 0.15) is 17.5 Å². The molecule has 0 heterocycles. The van der Waals surface area contributed by atoms with Gasteiger partial charge in [0.2, 0.25) is 5.91 Å². The standard InChI is InChI=1S/C18H18FNO3/c19-16-8-4-7-15(11-16)13-23-18(22)9-10-20-17(21)12-14-5-2-1-3-6-14/h1-8,11H,9-10,12-13H2,(H,20,21). The zero-order valence-corrected chi connectivity index (χ0v) is 12.6. The first kappa shape index (κ1) is 16.7. The summed E-state index contributed by atoms with van der Waals surface area (Å²) < 4.78 is 18.0. The molecule has 120 valence electrons. The average Bonchev–Trinajstić information content (AvgIpc) is 2.54. The fraction of sp³-hybridized carbons (Fsp3) is 0.222. The highest BCUT2D eigenvalue weighted by molar-refractivity contribution is 5.79. The van der Waals surface area contributed by atoms with Gasteiger partial charge in [0.05, 0.1) is 12.8 Å². The van der Waals surface area contributed by atoms with Gasteiger partial charge in [0, 0.05) is 6.54 Å². The van der Waals surface area contributed by atoms with Crippen molar-refractivity contribution in [1.29, 1.82) is 0 Å². The Morgan fingerprint density at radius 3 is 2.48 bits per heavy atom. The molecule has 23 heavy (non-hydrogen) atoms. The van der Waals surface area contributed by atoms with Gasteiger partial charge >= 0.3 is 5.97 Å². The Balaban J connectivity index is 1.63. The lowest BCUT2D eigenvalue weighted by molar-refractivity contribution is -0.144. The van der Waals surface area contributed by atoms with Gasteiger partial charge in [-0.15, -0.1) is 0 Å². The third-order valence-electron chi connectivity index (χ3n) is 3.15. The molecule has 4 nitrogen and oxygen atoms in total. The van der Waals surface area contributed by atoms with Crippen molar-refractivity contribution in [2.24, 2.45) is 0 Å². The van der Waals surface area contributed by atoms with Gasteiger partial charge < -0.3 is 10.1 Å². The molecule has 0 aliphatic carbocycles. The predicted octanol–water partition coefficient (Wildman–Crippen LogP) is 2.62. The molecule has 0 bridgehead atoms. The summed E-state index contributed by atoms with van der Waals surface area (Å²) in [5.41, 5.74) is 1.50. The Morgan fingerprint density at radius 2 is 1.74 bits per heavy atom. The molecule has 2 aromatic carbocycles. The van der Waals surface area contributed by atoms with Crippen LogP contribution in [0.15, 0.2) is 54.6 Å². The highest BCUT2D eigenvalue weighted by Gasteiger charge is 2.06. The molecule has 0 atom stereocenters. The van der Waals surface area contributed by atoms with Crippen LogP contribution in [-0.4, -0.2) is 18.4 Å². The average molecular weight is 315 g/mol. The minimum absolute atomic E-state index is 0.0224. The third-order valence-corrected chi connectivity index (χ3v) is 3.15. The van der Waals surface area contributed by atoms with E-state index in [-0.39, 0.29) is 37.7 Å². The summed E-state index contributed by atoms with van der Waals surface area (Å²) in [6.07, 6.45) is 0.356. The number of benzene rings is 2. The van der Waals surface area contributed by atoms with Crippen molar-refractivity contribution in [3.05, 3.63) is 71.5 Å². The molecule has 0 aromatic heterocycles. The Bertz CT molecular complexity index is 658. The Hall–Kier alpha value is -2.69. The van der Waals surface area contributed by atoms with E-state index < -0.39 is 5.97 Å². The lowest BCUT2D eigenvalue weighted by Crippen LogP contribution is -2.27. The normalized spacial score (nSPS) is 10.1. The molecular formula is C18H18FNO3. The summed E-state index contributed by atoms with van der Waals surface area (Å²) in [6, 6.07) is 15.2. The summed E-state index contributed by atoms with van der Waals surface area (Å²) >= 11 is 0. The first-order chi connectivity index (χ1) is 11.1. The van der Waals surface area contributed by atoms with Crippen LogP contribution in [0.25, 0.3) is 0 Å². The van der Waals surface area contributed by atoms with Gasteiger partial charge in [0.15, 0.2) is 0 Å². The van der Waals surface area contributed by atoms with E-state index in [1.807, 2.05) is 30.3 Å². The van der Waals surface area contributed by atoms with Crippen molar-refractivity contribution >= 4 is 11.9 Å². The molecule has 0 saturated heterocycles. The number of ether oxygens (including phenoxy) is 1. The number of rotatable bonds is 7. The quantitative estimate of drug-likeness (QED) is 0.799. The van der Waals surface area contributed by atoms with Gasteiger partial charge in [-0.1, -0.05) is 42.5 Å². The highest BCUT2D eigenvalue weighted by Crippen LogP contribution is 2.05. The Kier molecular flexibility index (Phi) is 6.29. The molecule has 2 aromatic rings. The fourth-order valence-corrected chi connectivity index (χ4v) is 2.01. The zero-order valence-electron chi connectivity index (χ0n) is 12.6. The van der Waals surface area contributed by atoms with Gasteiger partial charge in [-0.3, -0.25) is 9.59 Å². The molecule has 0 radical (unpaired) electrons. The Morgan fingerprint density at radius 1 is 1.00 bits per heavy atom. The summed E-state index contributed by atoms with van der Waals surface area (Å²) in [5, 5.41) is 2.67. The molecule has 0 aliphatic rings. The topological polar surface area (TPSA) is 55.4 Å². The smallest absolute Gasteiger partial charge is 0.307 e. The second-order valence-corrected chi connectivity index (χ2v) is 5.05. The van der Waals surface area contributed by atoms with Crippen molar-refractivity contribution in [3.63, 3.8) is 0 Å². The van der Waals surface area contributed by atoms with Gasteiger partial charge in [0.1, 0.15) is 12.4 Å².